The number of aldehydes is 1. The molecule has 0 bridgehead atoms. The summed E-state index contributed by atoms with van der Waals surface area (Å²) in [6.45, 7) is 3.44. The molecule has 13 heavy (non-hydrogen) atoms. The van der Waals surface area contributed by atoms with Crippen molar-refractivity contribution >= 4 is 12.4 Å². The molecule has 0 spiro atoms. The van der Waals surface area contributed by atoms with Gasteiger partial charge in [-0.3, -0.25) is 4.79 Å². The van der Waals surface area contributed by atoms with Gasteiger partial charge in [0.2, 0.25) is 0 Å². The van der Waals surface area contributed by atoms with E-state index >= 15 is 0 Å². The first kappa shape index (κ1) is 9.45. The van der Waals surface area contributed by atoms with Crippen LogP contribution in [0.1, 0.15) is 15.9 Å². The molecule has 0 atom stereocenters. The summed E-state index contributed by atoms with van der Waals surface area (Å²) in [6, 6.07) is 2.58. The molecule has 0 aliphatic rings. The summed E-state index contributed by atoms with van der Waals surface area (Å²) in [6.07, 6.45) is 1.94. The molecule has 0 aliphatic carbocycles. The zero-order valence-electron chi connectivity index (χ0n) is 7.21. The Balaban J connectivity index is 3.44. The third-order valence-electron chi connectivity index (χ3n) is 1.71. The Hall–Kier alpha value is -1.64. The fourth-order valence-electron chi connectivity index (χ4n) is 1.10. The Morgan fingerprint density at radius 3 is 2.69 bits per heavy atom. The highest BCUT2D eigenvalue weighted by molar-refractivity contribution is 5.82. The number of methoxy groups -OCH3 is 1. The summed E-state index contributed by atoms with van der Waals surface area (Å²) in [5.41, 5.74) is 0.533. The minimum atomic E-state index is -0.447. The van der Waals surface area contributed by atoms with Crippen molar-refractivity contribution in [1.82, 2.24) is 0 Å². The van der Waals surface area contributed by atoms with Crippen molar-refractivity contribution in [3.05, 3.63) is 35.7 Å². The molecular formula is C10H9FO2. The first-order valence-corrected chi connectivity index (χ1v) is 3.68. The van der Waals surface area contributed by atoms with Crippen LogP contribution in [0.4, 0.5) is 4.39 Å². The average Bonchev–Trinajstić information content (AvgIpc) is 2.17. The molecule has 0 N–H and O–H groups in total. The Kier molecular flexibility index (Phi) is 2.80. The number of hydrogen-bond acceptors (Lipinski definition) is 2. The molecule has 0 heterocycles. The van der Waals surface area contributed by atoms with E-state index in [9.17, 15) is 9.18 Å². The Morgan fingerprint density at radius 1 is 1.54 bits per heavy atom. The van der Waals surface area contributed by atoms with Crippen LogP contribution >= 0.6 is 0 Å². The van der Waals surface area contributed by atoms with Gasteiger partial charge in [-0.25, -0.2) is 4.39 Å². The highest BCUT2D eigenvalue weighted by Gasteiger charge is 2.10. The number of benzene rings is 1. The molecule has 2 nitrogen and oxygen atoms in total. The van der Waals surface area contributed by atoms with Crippen molar-refractivity contribution in [3.63, 3.8) is 0 Å². The summed E-state index contributed by atoms with van der Waals surface area (Å²) in [5.74, 6) is -0.220. The molecule has 0 unspecified atom stereocenters. The minimum absolute atomic E-state index is 0.215. The van der Waals surface area contributed by atoms with Gasteiger partial charge in [0, 0.05) is 0 Å². The second kappa shape index (κ2) is 3.85. The third kappa shape index (κ3) is 1.59. The zero-order chi connectivity index (χ0) is 9.84. The lowest BCUT2D eigenvalue weighted by Crippen LogP contribution is -1.95. The molecule has 3 heteroatoms. The lowest BCUT2D eigenvalue weighted by Gasteiger charge is -2.07. The molecule has 0 aliphatic heterocycles. The molecule has 0 radical (unpaired) electrons. The molecular weight excluding hydrogens is 171 g/mol. The van der Waals surface area contributed by atoms with Crippen molar-refractivity contribution in [1.29, 1.82) is 0 Å². The Morgan fingerprint density at radius 2 is 2.23 bits per heavy atom. The van der Waals surface area contributed by atoms with Gasteiger partial charge in [0.1, 0.15) is 11.6 Å². The second-order valence-corrected chi connectivity index (χ2v) is 2.41. The molecule has 68 valence electrons. The monoisotopic (exact) mass is 180 g/mol. The maximum Gasteiger partial charge on any atom is 0.153 e. The molecule has 0 amide bonds. The van der Waals surface area contributed by atoms with E-state index in [1.807, 2.05) is 0 Å². The highest BCUT2D eigenvalue weighted by atomic mass is 19.1. The van der Waals surface area contributed by atoms with Gasteiger partial charge < -0.3 is 4.74 Å². The van der Waals surface area contributed by atoms with Crippen molar-refractivity contribution in [2.24, 2.45) is 0 Å². The third-order valence-corrected chi connectivity index (χ3v) is 1.71. The fraction of sp³-hybridized carbons (Fsp3) is 0.100. The van der Waals surface area contributed by atoms with Gasteiger partial charge in [-0.05, 0) is 12.1 Å². The summed E-state index contributed by atoms with van der Waals surface area (Å²) in [4.78, 5) is 10.5. The van der Waals surface area contributed by atoms with Gasteiger partial charge in [-0.1, -0.05) is 12.7 Å². The van der Waals surface area contributed by atoms with Gasteiger partial charge in [0.25, 0.3) is 0 Å². The van der Waals surface area contributed by atoms with E-state index in [2.05, 4.69) is 6.58 Å². The summed E-state index contributed by atoms with van der Waals surface area (Å²) < 4.78 is 18.0. The molecule has 1 aromatic rings. The number of carbonyl (C=O) groups is 1. The van der Waals surface area contributed by atoms with E-state index in [4.69, 9.17) is 4.74 Å². The number of ether oxygens (including phenoxy) is 1. The Labute approximate surface area is 75.6 Å². The van der Waals surface area contributed by atoms with Crippen LogP contribution in [0.2, 0.25) is 0 Å². The van der Waals surface area contributed by atoms with Crippen molar-refractivity contribution in [2.45, 2.75) is 0 Å². The van der Waals surface area contributed by atoms with Crippen LogP contribution < -0.4 is 4.74 Å². The predicted octanol–water partition coefficient (Wildman–Crippen LogP) is 2.29. The van der Waals surface area contributed by atoms with Gasteiger partial charge in [-0.2, -0.15) is 0 Å². The molecule has 0 saturated carbocycles. The standard InChI is InChI=1S/C10H9FO2/c1-3-8-9(11)5-4-7(6-12)10(8)13-2/h3-6H,1H2,2H3. The van der Waals surface area contributed by atoms with Crippen LogP contribution in [-0.2, 0) is 0 Å². The van der Waals surface area contributed by atoms with E-state index in [1.54, 1.807) is 0 Å². The number of rotatable bonds is 3. The van der Waals surface area contributed by atoms with Crippen LogP contribution in [0.3, 0.4) is 0 Å². The quantitative estimate of drug-likeness (QED) is 0.667. The molecule has 0 aromatic heterocycles. The van der Waals surface area contributed by atoms with Gasteiger partial charge in [0.05, 0.1) is 18.2 Å². The molecule has 0 saturated heterocycles. The lowest BCUT2D eigenvalue weighted by molar-refractivity contribution is 0.112. The van der Waals surface area contributed by atoms with E-state index in [0.29, 0.717) is 11.8 Å². The Bertz CT molecular complexity index is 345. The van der Waals surface area contributed by atoms with E-state index in [0.717, 1.165) is 0 Å². The van der Waals surface area contributed by atoms with Crippen molar-refractivity contribution in [3.8, 4) is 5.75 Å². The van der Waals surface area contributed by atoms with Crippen molar-refractivity contribution in [2.75, 3.05) is 7.11 Å². The van der Waals surface area contributed by atoms with Crippen LogP contribution in [0, 0.1) is 5.82 Å². The summed E-state index contributed by atoms with van der Waals surface area (Å²) >= 11 is 0. The lowest BCUT2D eigenvalue weighted by atomic mass is 10.1. The predicted molar refractivity (Wildman–Crippen MR) is 48.4 cm³/mol. The second-order valence-electron chi connectivity index (χ2n) is 2.41. The van der Waals surface area contributed by atoms with Crippen LogP contribution in [-0.4, -0.2) is 13.4 Å². The maximum absolute atomic E-state index is 13.1. The largest absolute Gasteiger partial charge is 0.495 e. The van der Waals surface area contributed by atoms with Crippen LogP contribution in [0.15, 0.2) is 18.7 Å². The molecule has 1 rings (SSSR count). The number of carbonyl (C=O) groups excluding carboxylic acids is 1. The number of hydrogen-bond donors (Lipinski definition) is 0. The smallest absolute Gasteiger partial charge is 0.153 e. The van der Waals surface area contributed by atoms with Gasteiger partial charge in [0.15, 0.2) is 6.29 Å². The first-order valence-electron chi connectivity index (χ1n) is 3.68. The molecule has 0 fully saturated rings. The van der Waals surface area contributed by atoms with Crippen LogP contribution in [0.5, 0.6) is 5.75 Å². The average molecular weight is 180 g/mol. The topological polar surface area (TPSA) is 26.3 Å². The summed E-state index contributed by atoms with van der Waals surface area (Å²) in [5, 5.41) is 0. The zero-order valence-corrected chi connectivity index (χ0v) is 7.21. The minimum Gasteiger partial charge on any atom is -0.495 e. The van der Waals surface area contributed by atoms with E-state index in [1.165, 1.54) is 25.3 Å². The first-order chi connectivity index (χ1) is 6.24. The van der Waals surface area contributed by atoms with Gasteiger partial charge >= 0.3 is 0 Å². The SMILES string of the molecule is C=Cc1c(F)ccc(C=O)c1OC. The number of halogens is 1. The van der Waals surface area contributed by atoms with Gasteiger partial charge in [-0.15, -0.1) is 0 Å². The van der Waals surface area contributed by atoms with E-state index in [-0.39, 0.29) is 11.3 Å². The fourth-order valence-corrected chi connectivity index (χ4v) is 1.10. The molecule has 1 aromatic carbocycles. The summed E-state index contributed by atoms with van der Waals surface area (Å²) in [7, 11) is 1.38. The van der Waals surface area contributed by atoms with Crippen LogP contribution in [0.25, 0.3) is 6.08 Å². The maximum atomic E-state index is 13.1. The normalized spacial score (nSPS) is 9.38. The van der Waals surface area contributed by atoms with Crippen molar-refractivity contribution < 1.29 is 13.9 Å². The van der Waals surface area contributed by atoms with E-state index < -0.39 is 5.82 Å². The highest BCUT2D eigenvalue weighted by Crippen LogP contribution is 2.25.